The van der Waals surface area contributed by atoms with E-state index in [1.165, 1.54) is 13.2 Å². The van der Waals surface area contributed by atoms with Crippen molar-refractivity contribution in [2.45, 2.75) is 6.36 Å². The lowest BCUT2D eigenvalue weighted by molar-refractivity contribution is -0.275. The summed E-state index contributed by atoms with van der Waals surface area (Å²) in [4.78, 5) is 0. The van der Waals surface area contributed by atoms with E-state index in [4.69, 9.17) is 4.74 Å². The summed E-state index contributed by atoms with van der Waals surface area (Å²) in [6.07, 6.45) is -4.71. The Kier molecular flexibility index (Phi) is 4.10. The van der Waals surface area contributed by atoms with Gasteiger partial charge in [-0.1, -0.05) is 0 Å². The number of ether oxygens (including phenoxy) is 2. The number of halogens is 5. The summed E-state index contributed by atoms with van der Waals surface area (Å²) in [6.45, 7) is 0. The first-order chi connectivity index (χ1) is 6.85. The number of hydrogen-bond acceptors (Lipinski definition) is 2. The number of rotatable bonds is 2. The van der Waals surface area contributed by atoms with Crippen LogP contribution in [0.25, 0.3) is 0 Å². The van der Waals surface area contributed by atoms with Gasteiger partial charge in [-0.2, -0.15) is 0 Å². The molecule has 0 spiro atoms. The highest BCUT2D eigenvalue weighted by Crippen LogP contribution is 2.39. The van der Waals surface area contributed by atoms with E-state index >= 15 is 0 Å². The van der Waals surface area contributed by atoms with Crippen LogP contribution in [0.5, 0.6) is 11.5 Å². The number of hydrogen-bond donors (Lipinski definition) is 0. The first kappa shape index (κ1) is 12.9. The van der Waals surface area contributed by atoms with E-state index in [1.807, 2.05) is 0 Å². The fourth-order valence-corrected chi connectivity index (χ4v) is 2.46. The predicted octanol–water partition coefficient (Wildman–Crippen LogP) is 3.96. The molecule has 1 aromatic carbocycles. The van der Waals surface area contributed by atoms with Gasteiger partial charge in [0.2, 0.25) is 0 Å². The topological polar surface area (TPSA) is 18.5 Å². The molecule has 2 nitrogen and oxygen atoms in total. The third kappa shape index (κ3) is 3.40. The minimum Gasteiger partial charge on any atom is -0.496 e. The van der Waals surface area contributed by atoms with Crippen molar-refractivity contribution in [3.63, 3.8) is 0 Å². The normalized spacial score (nSPS) is 11.3. The maximum Gasteiger partial charge on any atom is 0.573 e. The highest BCUT2D eigenvalue weighted by atomic mass is 127. The Labute approximate surface area is 106 Å². The second kappa shape index (κ2) is 4.77. The van der Waals surface area contributed by atoms with Gasteiger partial charge in [-0.15, -0.1) is 13.2 Å². The van der Waals surface area contributed by atoms with Crippen molar-refractivity contribution in [2.75, 3.05) is 7.11 Å². The van der Waals surface area contributed by atoms with Crippen LogP contribution in [0.1, 0.15) is 0 Å². The number of methoxy groups -OCH3 is 1. The van der Waals surface area contributed by atoms with Crippen LogP contribution in [-0.4, -0.2) is 13.5 Å². The Morgan fingerprint density at radius 2 is 1.93 bits per heavy atom. The maximum atomic E-state index is 12.0. The summed E-state index contributed by atoms with van der Waals surface area (Å²) in [5.74, 6) is 0.0421. The summed E-state index contributed by atoms with van der Waals surface area (Å²) in [5, 5.41) is 0. The molecule has 0 aromatic heterocycles. The molecule has 15 heavy (non-hydrogen) atoms. The molecule has 0 amide bonds. The van der Waals surface area contributed by atoms with Gasteiger partial charge in [0.15, 0.2) is 5.75 Å². The molecule has 0 N–H and O–H groups in total. The Balaban J connectivity index is 3.15. The third-order valence-electron chi connectivity index (χ3n) is 1.45. The van der Waals surface area contributed by atoms with Gasteiger partial charge in [-0.05, 0) is 50.7 Å². The van der Waals surface area contributed by atoms with Crippen LogP contribution in [0.4, 0.5) is 13.2 Å². The second-order valence-electron chi connectivity index (χ2n) is 2.44. The van der Waals surface area contributed by atoms with Crippen LogP contribution < -0.4 is 9.47 Å². The molecule has 0 saturated heterocycles. The zero-order chi connectivity index (χ0) is 11.6. The summed E-state index contributed by atoms with van der Waals surface area (Å²) >= 11 is 4.70. The van der Waals surface area contributed by atoms with Crippen LogP contribution >= 0.6 is 38.5 Å². The fraction of sp³-hybridized carbons (Fsp3) is 0.250. The smallest absolute Gasteiger partial charge is 0.496 e. The van der Waals surface area contributed by atoms with Gasteiger partial charge in [0, 0.05) is 0 Å². The quantitative estimate of drug-likeness (QED) is 0.704. The lowest BCUT2D eigenvalue weighted by atomic mass is 10.3. The molecule has 0 fully saturated rings. The van der Waals surface area contributed by atoms with Crippen LogP contribution in [-0.2, 0) is 0 Å². The van der Waals surface area contributed by atoms with Gasteiger partial charge in [0.05, 0.1) is 15.2 Å². The Hall–Kier alpha value is -0.180. The molecule has 0 bridgehead atoms. The molecule has 0 radical (unpaired) electrons. The standard InChI is InChI=1S/C8H5BrF3IO2/c1-14-5-3-2-4(9)7(6(5)13)15-8(10,11)12/h2-3H,1H3. The molecule has 0 aliphatic carbocycles. The highest BCUT2D eigenvalue weighted by Gasteiger charge is 2.33. The van der Waals surface area contributed by atoms with Crippen molar-refractivity contribution in [2.24, 2.45) is 0 Å². The molecule has 0 aliphatic rings. The second-order valence-corrected chi connectivity index (χ2v) is 4.37. The SMILES string of the molecule is COc1ccc(Br)c(OC(F)(F)F)c1I. The Morgan fingerprint density at radius 1 is 1.33 bits per heavy atom. The summed E-state index contributed by atoms with van der Waals surface area (Å²) in [7, 11) is 1.38. The van der Waals surface area contributed by atoms with E-state index in [9.17, 15) is 13.2 Å². The van der Waals surface area contributed by atoms with Gasteiger partial charge in [0.25, 0.3) is 0 Å². The van der Waals surface area contributed by atoms with Crippen molar-refractivity contribution >= 4 is 38.5 Å². The number of alkyl halides is 3. The highest BCUT2D eigenvalue weighted by molar-refractivity contribution is 14.1. The van der Waals surface area contributed by atoms with Gasteiger partial charge in [-0.3, -0.25) is 0 Å². The molecule has 0 saturated carbocycles. The molecule has 1 rings (SSSR count). The average Bonchev–Trinajstić information content (AvgIpc) is 2.11. The van der Waals surface area contributed by atoms with E-state index in [2.05, 4.69) is 20.7 Å². The molecule has 0 atom stereocenters. The molecule has 7 heteroatoms. The van der Waals surface area contributed by atoms with Gasteiger partial charge in [-0.25, -0.2) is 0 Å². The van der Waals surface area contributed by atoms with Crippen LogP contribution in [0.3, 0.4) is 0 Å². The Morgan fingerprint density at radius 3 is 2.40 bits per heavy atom. The van der Waals surface area contributed by atoms with E-state index in [0.717, 1.165) is 0 Å². The molecule has 0 aliphatic heterocycles. The van der Waals surface area contributed by atoms with Crippen molar-refractivity contribution in [3.8, 4) is 11.5 Å². The van der Waals surface area contributed by atoms with Crippen molar-refractivity contribution in [3.05, 3.63) is 20.2 Å². The Bertz CT molecular complexity index is 368. The summed E-state index contributed by atoms with van der Waals surface area (Å²) < 4.78 is 45.4. The fourth-order valence-electron chi connectivity index (χ4n) is 0.881. The zero-order valence-corrected chi connectivity index (χ0v) is 11.1. The zero-order valence-electron chi connectivity index (χ0n) is 7.36. The third-order valence-corrected chi connectivity index (χ3v) is 3.10. The average molecular weight is 397 g/mol. The molecular weight excluding hydrogens is 392 g/mol. The van der Waals surface area contributed by atoms with Gasteiger partial charge in [0.1, 0.15) is 5.75 Å². The number of benzene rings is 1. The lowest BCUT2D eigenvalue weighted by Crippen LogP contribution is -2.18. The van der Waals surface area contributed by atoms with Crippen LogP contribution in [0.2, 0.25) is 0 Å². The molecule has 0 heterocycles. The minimum atomic E-state index is -4.71. The molecule has 84 valence electrons. The van der Waals surface area contributed by atoms with Gasteiger partial charge >= 0.3 is 6.36 Å². The van der Waals surface area contributed by atoms with Gasteiger partial charge < -0.3 is 9.47 Å². The monoisotopic (exact) mass is 396 g/mol. The molecule has 0 unspecified atom stereocenters. The maximum absolute atomic E-state index is 12.0. The predicted molar refractivity (Wildman–Crippen MR) is 60.1 cm³/mol. The van der Waals surface area contributed by atoms with Crippen molar-refractivity contribution < 1.29 is 22.6 Å². The van der Waals surface area contributed by atoms with E-state index in [1.54, 1.807) is 28.7 Å². The largest absolute Gasteiger partial charge is 0.573 e. The van der Waals surface area contributed by atoms with E-state index in [0.29, 0.717) is 5.75 Å². The molecule has 1 aromatic rings. The molecular formula is C8H5BrF3IO2. The van der Waals surface area contributed by atoms with Crippen molar-refractivity contribution in [1.29, 1.82) is 0 Å². The van der Waals surface area contributed by atoms with Crippen LogP contribution in [0, 0.1) is 3.57 Å². The minimum absolute atomic E-state index is 0.227. The lowest BCUT2D eigenvalue weighted by Gasteiger charge is -2.14. The summed E-state index contributed by atoms with van der Waals surface area (Å²) in [6, 6.07) is 2.98. The van der Waals surface area contributed by atoms with E-state index in [-0.39, 0.29) is 13.8 Å². The first-order valence-corrected chi connectivity index (χ1v) is 5.50. The van der Waals surface area contributed by atoms with E-state index < -0.39 is 6.36 Å². The van der Waals surface area contributed by atoms with Crippen LogP contribution in [0.15, 0.2) is 16.6 Å². The first-order valence-electron chi connectivity index (χ1n) is 3.63. The summed E-state index contributed by atoms with van der Waals surface area (Å²) in [5.41, 5.74) is 0. The van der Waals surface area contributed by atoms with Crippen molar-refractivity contribution in [1.82, 2.24) is 0 Å².